The summed E-state index contributed by atoms with van der Waals surface area (Å²) in [7, 11) is 0. The van der Waals surface area contributed by atoms with Gasteiger partial charge in [-0.05, 0) is 0 Å². The maximum absolute atomic E-state index is 9.10. The summed E-state index contributed by atoms with van der Waals surface area (Å²) in [6.07, 6.45) is 0. The molecule has 5 heteroatoms. The van der Waals surface area contributed by atoms with Crippen LogP contribution in [0.1, 0.15) is 0 Å². The van der Waals surface area contributed by atoms with Crippen molar-refractivity contribution < 1.29 is 19.8 Å². The Morgan fingerprint density at radius 1 is 0.909 bits per heavy atom. The number of carbonyl (C=O) groups is 2. The first-order valence-electron chi connectivity index (χ1n) is 3.11. The van der Waals surface area contributed by atoms with Gasteiger partial charge in [0.05, 0.1) is 0 Å². The number of hydrogen-bond acceptors (Lipinski definition) is 2. The fourth-order valence-electron chi connectivity index (χ4n) is 0. The molecule has 0 bridgehead atoms. The number of hydrogen-bond donors (Lipinski definition) is 2. The normalized spacial score (nSPS) is 9.45. The van der Waals surface area contributed by atoms with E-state index in [2.05, 4.69) is 19.8 Å². The Morgan fingerprint density at radius 2 is 1.00 bits per heavy atom. The molecule has 0 saturated heterocycles. The van der Waals surface area contributed by atoms with Gasteiger partial charge in [0, 0.05) is 0 Å². The van der Waals surface area contributed by atoms with E-state index in [1.165, 1.54) is 0 Å². The summed E-state index contributed by atoms with van der Waals surface area (Å²) in [6, 6.07) is 0. The van der Waals surface area contributed by atoms with Crippen LogP contribution in [0, 0.1) is 0 Å². The van der Waals surface area contributed by atoms with Gasteiger partial charge in [-0.25, -0.2) is 9.59 Å². The zero-order valence-corrected chi connectivity index (χ0v) is 10.1. The van der Waals surface area contributed by atoms with Gasteiger partial charge in [0.1, 0.15) is 0 Å². The van der Waals surface area contributed by atoms with Gasteiger partial charge in [0.15, 0.2) is 0 Å². The third-order valence-electron chi connectivity index (χ3n) is 0.183. The third-order valence-corrected chi connectivity index (χ3v) is 0.183. The quantitative estimate of drug-likeness (QED) is 0.510. The number of aliphatic carboxylic acids is 2. The van der Waals surface area contributed by atoms with Gasteiger partial charge < -0.3 is 10.2 Å². The van der Waals surface area contributed by atoms with Crippen molar-refractivity contribution in [3.05, 3.63) is 0 Å². The molecule has 0 aliphatic carbocycles. The Morgan fingerprint density at radius 3 is 1.00 bits per heavy atom. The fourth-order valence-corrected chi connectivity index (χ4v) is 0. The van der Waals surface area contributed by atoms with E-state index >= 15 is 0 Å². The van der Waals surface area contributed by atoms with Crippen molar-refractivity contribution in [1.29, 1.82) is 0 Å². The monoisotopic (exact) mass is 270 g/mol. The Bertz CT molecular complexity index is 129. The molecule has 0 fully saturated rings. The molecule has 0 radical (unpaired) electrons. The second-order valence-corrected chi connectivity index (χ2v) is 20.7. The summed E-state index contributed by atoms with van der Waals surface area (Å²) in [6.45, 7) is 0. The summed E-state index contributed by atoms with van der Waals surface area (Å²) < 4.78 is 0. The van der Waals surface area contributed by atoms with Crippen LogP contribution in [0.4, 0.5) is 0 Å². The molecule has 0 aromatic heterocycles. The minimum absolute atomic E-state index is 1.18. The summed E-state index contributed by atoms with van der Waals surface area (Å²) >= 11 is -1.18. The SMILES string of the molecule is O=C(O)C(=O)O.[CH3][Sn]([CH3])([CH3])[CH3]. The van der Waals surface area contributed by atoms with Gasteiger partial charge in [-0.3, -0.25) is 0 Å². The third kappa shape index (κ3) is 41.7. The molecule has 0 amide bonds. The van der Waals surface area contributed by atoms with Gasteiger partial charge in [0.25, 0.3) is 0 Å². The maximum atomic E-state index is 9.10. The Hall–Kier alpha value is -0.261. The van der Waals surface area contributed by atoms with Crippen LogP contribution in [-0.4, -0.2) is 40.5 Å². The first kappa shape index (κ1) is 13.3. The number of rotatable bonds is 0. The average molecular weight is 269 g/mol. The summed E-state index contributed by atoms with van der Waals surface area (Å²) in [5, 5.41) is 14.8. The topological polar surface area (TPSA) is 74.6 Å². The van der Waals surface area contributed by atoms with E-state index < -0.39 is 30.3 Å². The molecule has 0 aromatic carbocycles. The molecular formula is C6H14O4Sn. The van der Waals surface area contributed by atoms with Crippen LogP contribution in [-0.2, 0) is 9.59 Å². The van der Waals surface area contributed by atoms with E-state index in [4.69, 9.17) is 19.8 Å². The average Bonchev–Trinajstić information content (AvgIpc) is 1.59. The second-order valence-electron chi connectivity index (χ2n) is 3.61. The van der Waals surface area contributed by atoms with Crippen molar-refractivity contribution in [1.82, 2.24) is 0 Å². The Kier molecular flexibility index (Phi) is 6.54. The molecule has 0 spiro atoms. The molecule has 0 aromatic rings. The molecular weight excluding hydrogens is 255 g/mol. The molecule has 0 aliphatic rings. The van der Waals surface area contributed by atoms with Crippen LogP contribution in [0.5, 0.6) is 0 Å². The van der Waals surface area contributed by atoms with Gasteiger partial charge >= 0.3 is 50.1 Å². The Labute approximate surface area is 70.1 Å². The standard InChI is InChI=1S/C2H2O4.4CH3.Sn/c3-1(4)2(5)6;;;;;/h(H,3,4)(H,5,6);4*1H3;. The summed E-state index contributed by atoms with van der Waals surface area (Å²) in [5.74, 6) is -3.65. The molecule has 0 unspecified atom stereocenters. The minimum atomic E-state index is -1.82. The first-order chi connectivity index (χ1) is 4.64. The van der Waals surface area contributed by atoms with Gasteiger partial charge in [0.2, 0.25) is 0 Å². The predicted molar refractivity (Wildman–Crippen MR) is 44.5 cm³/mol. The van der Waals surface area contributed by atoms with E-state index in [0.717, 1.165) is 0 Å². The number of carboxylic acid groups (broad SMARTS) is 2. The molecule has 66 valence electrons. The number of carboxylic acids is 2. The van der Waals surface area contributed by atoms with Gasteiger partial charge in [-0.1, -0.05) is 0 Å². The zero-order chi connectivity index (χ0) is 9.65. The van der Waals surface area contributed by atoms with Crippen molar-refractivity contribution in [2.24, 2.45) is 0 Å². The molecule has 2 N–H and O–H groups in total. The van der Waals surface area contributed by atoms with Crippen LogP contribution >= 0.6 is 0 Å². The van der Waals surface area contributed by atoms with Gasteiger partial charge in [-0.15, -0.1) is 0 Å². The second kappa shape index (κ2) is 5.40. The Balaban J connectivity index is 0. The van der Waals surface area contributed by atoms with Crippen LogP contribution in [0.25, 0.3) is 0 Å². The molecule has 0 aliphatic heterocycles. The summed E-state index contributed by atoms with van der Waals surface area (Å²) in [5.41, 5.74) is 0. The molecule has 11 heavy (non-hydrogen) atoms. The molecule has 0 rings (SSSR count). The molecule has 0 saturated carbocycles. The van der Waals surface area contributed by atoms with E-state index in [1.54, 1.807) is 0 Å². The van der Waals surface area contributed by atoms with Crippen LogP contribution in [0.3, 0.4) is 0 Å². The first-order valence-corrected chi connectivity index (χ1v) is 14.5. The zero-order valence-electron chi connectivity index (χ0n) is 7.21. The van der Waals surface area contributed by atoms with Crippen LogP contribution in [0.15, 0.2) is 0 Å². The van der Waals surface area contributed by atoms with Crippen molar-refractivity contribution in [3.8, 4) is 0 Å². The van der Waals surface area contributed by atoms with E-state index in [0.29, 0.717) is 0 Å². The predicted octanol–water partition coefficient (Wildman–Crippen LogP) is 1.11. The van der Waals surface area contributed by atoms with E-state index in [-0.39, 0.29) is 0 Å². The molecule has 0 heterocycles. The molecule has 0 atom stereocenters. The summed E-state index contributed by atoms with van der Waals surface area (Å²) in [4.78, 5) is 27.8. The van der Waals surface area contributed by atoms with Gasteiger partial charge in [-0.2, -0.15) is 0 Å². The van der Waals surface area contributed by atoms with E-state index in [9.17, 15) is 0 Å². The van der Waals surface area contributed by atoms with Crippen LogP contribution < -0.4 is 0 Å². The van der Waals surface area contributed by atoms with Crippen molar-refractivity contribution in [2.45, 2.75) is 19.8 Å². The van der Waals surface area contributed by atoms with Crippen molar-refractivity contribution in [2.75, 3.05) is 0 Å². The van der Waals surface area contributed by atoms with Crippen molar-refractivity contribution >= 4 is 30.3 Å². The molecule has 4 nitrogen and oxygen atoms in total. The van der Waals surface area contributed by atoms with E-state index in [1.807, 2.05) is 0 Å². The fraction of sp³-hybridized carbons (Fsp3) is 0.667. The van der Waals surface area contributed by atoms with Crippen molar-refractivity contribution in [3.63, 3.8) is 0 Å². The van der Waals surface area contributed by atoms with Crippen LogP contribution in [0.2, 0.25) is 19.8 Å².